The summed E-state index contributed by atoms with van der Waals surface area (Å²) < 4.78 is 1.67. The summed E-state index contributed by atoms with van der Waals surface area (Å²) in [5.41, 5.74) is 3.03. The first-order valence-corrected chi connectivity index (χ1v) is 6.64. The molecule has 1 aromatic rings. The number of allylic oxidation sites excluding steroid dienone is 1. The van der Waals surface area contributed by atoms with Crippen LogP contribution in [0.3, 0.4) is 0 Å². The van der Waals surface area contributed by atoms with Gasteiger partial charge >= 0.3 is 94.9 Å². The van der Waals surface area contributed by atoms with Crippen LogP contribution < -0.4 is 24.8 Å². The SMILES string of the molecule is CCCC1[C]([Hf+2])=Cc2ccccc21.[Cl-].[Cl-]. The van der Waals surface area contributed by atoms with Crippen LogP contribution in [0.2, 0.25) is 0 Å². The number of rotatable bonds is 2. The molecule has 0 saturated heterocycles. The second-order valence-corrected chi connectivity index (χ2v) is 5.64. The summed E-state index contributed by atoms with van der Waals surface area (Å²) in [5, 5.41) is 0. The van der Waals surface area contributed by atoms with Crippen molar-refractivity contribution < 1.29 is 49.2 Å². The van der Waals surface area contributed by atoms with Crippen molar-refractivity contribution in [2.75, 3.05) is 0 Å². The molecule has 0 bridgehead atoms. The van der Waals surface area contributed by atoms with Gasteiger partial charge in [0.05, 0.1) is 0 Å². The Morgan fingerprint density at radius 2 is 1.87 bits per heavy atom. The van der Waals surface area contributed by atoms with Crippen LogP contribution in [-0.4, -0.2) is 0 Å². The summed E-state index contributed by atoms with van der Waals surface area (Å²) in [6.45, 7) is 2.27. The van der Waals surface area contributed by atoms with E-state index in [9.17, 15) is 0 Å². The fourth-order valence-electron chi connectivity index (χ4n) is 2.00. The molecule has 0 nitrogen and oxygen atoms in total. The smallest absolute Gasteiger partial charge is 1.00 e. The van der Waals surface area contributed by atoms with Crippen LogP contribution in [0.1, 0.15) is 36.8 Å². The van der Waals surface area contributed by atoms with Crippen LogP contribution in [0.15, 0.2) is 27.6 Å². The molecule has 0 N–H and O–H groups in total. The predicted octanol–water partition coefficient (Wildman–Crippen LogP) is -2.52. The van der Waals surface area contributed by atoms with Crippen LogP contribution in [0.25, 0.3) is 6.08 Å². The van der Waals surface area contributed by atoms with E-state index >= 15 is 0 Å². The molecule has 15 heavy (non-hydrogen) atoms. The molecule has 0 aliphatic heterocycles. The van der Waals surface area contributed by atoms with Gasteiger partial charge in [-0.3, -0.25) is 0 Å². The van der Waals surface area contributed by atoms with Crippen molar-refractivity contribution in [2.24, 2.45) is 0 Å². The zero-order valence-corrected chi connectivity index (χ0v) is 13.7. The Kier molecular flexibility index (Phi) is 7.07. The first-order valence-electron chi connectivity index (χ1n) is 4.85. The molecule has 0 radical (unpaired) electrons. The van der Waals surface area contributed by atoms with Crippen LogP contribution in [0.4, 0.5) is 0 Å². The van der Waals surface area contributed by atoms with Gasteiger partial charge < -0.3 is 24.8 Å². The van der Waals surface area contributed by atoms with E-state index in [0.29, 0.717) is 0 Å². The molecular formula is C12H13Cl2Hf. The van der Waals surface area contributed by atoms with E-state index in [1.54, 1.807) is 8.89 Å². The zero-order valence-electron chi connectivity index (χ0n) is 8.63. The van der Waals surface area contributed by atoms with Gasteiger partial charge in [0.2, 0.25) is 0 Å². The molecule has 2 rings (SSSR count). The van der Waals surface area contributed by atoms with E-state index < -0.39 is 0 Å². The first-order chi connectivity index (χ1) is 6.33. The number of hydrogen-bond acceptors (Lipinski definition) is 0. The molecule has 79 valence electrons. The molecule has 0 aromatic heterocycles. The maximum absolute atomic E-state index is 2.39. The summed E-state index contributed by atoms with van der Waals surface area (Å²) >= 11 is 1.22. The van der Waals surface area contributed by atoms with Crippen molar-refractivity contribution in [1.29, 1.82) is 0 Å². The standard InChI is InChI=1S/C12H13.2ClH.Hf/c1-2-5-10-8-9-11-6-3-4-7-12(10)11;;;/h3-4,6-7,9-10H,2,5H2,1H3;2*1H;/q;;;+2/p-2. The molecule has 0 saturated carbocycles. The second-order valence-electron chi connectivity index (χ2n) is 3.57. The maximum atomic E-state index is 2.39. The Bertz CT molecular complexity index is 347. The van der Waals surface area contributed by atoms with Crippen LogP contribution in [0.5, 0.6) is 0 Å². The summed E-state index contributed by atoms with van der Waals surface area (Å²) in [6.07, 6.45) is 5.01. The Balaban J connectivity index is 0.000000980. The third-order valence-corrected chi connectivity index (χ3v) is 4.41. The van der Waals surface area contributed by atoms with Crippen molar-refractivity contribution in [3.8, 4) is 0 Å². The van der Waals surface area contributed by atoms with Crippen molar-refractivity contribution in [3.63, 3.8) is 0 Å². The van der Waals surface area contributed by atoms with Gasteiger partial charge in [-0.15, -0.1) is 0 Å². The maximum Gasteiger partial charge on any atom is -1.00 e. The fraction of sp³-hybridized carbons (Fsp3) is 0.333. The molecule has 3 heteroatoms. The van der Waals surface area contributed by atoms with Crippen LogP contribution >= 0.6 is 0 Å². The third kappa shape index (κ3) is 3.18. The van der Waals surface area contributed by atoms with Gasteiger partial charge in [-0.1, -0.05) is 0 Å². The largest absolute Gasteiger partial charge is 1.00 e. The predicted molar refractivity (Wildman–Crippen MR) is 52.1 cm³/mol. The van der Waals surface area contributed by atoms with E-state index in [1.807, 2.05) is 0 Å². The second kappa shape index (κ2) is 6.88. The normalized spacial score (nSPS) is 17.3. The Morgan fingerprint density at radius 3 is 2.53 bits per heavy atom. The van der Waals surface area contributed by atoms with E-state index in [4.69, 9.17) is 0 Å². The topological polar surface area (TPSA) is 0 Å². The molecular weight excluding hydrogens is 394 g/mol. The molecule has 1 aliphatic rings. The summed E-state index contributed by atoms with van der Waals surface area (Å²) in [4.78, 5) is 0. The van der Waals surface area contributed by atoms with Crippen molar-refractivity contribution in [2.45, 2.75) is 25.7 Å². The summed E-state index contributed by atoms with van der Waals surface area (Å²) in [5.74, 6) is 0.757. The van der Waals surface area contributed by atoms with Crippen molar-refractivity contribution >= 4 is 6.08 Å². The van der Waals surface area contributed by atoms with Gasteiger partial charge in [0.15, 0.2) is 0 Å². The van der Waals surface area contributed by atoms with Gasteiger partial charge in [-0.2, -0.15) is 0 Å². The van der Waals surface area contributed by atoms with E-state index in [0.717, 1.165) is 5.92 Å². The molecule has 1 aliphatic carbocycles. The number of fused-ring (bicyclic) bond motifs is 1. The Hall–Kier alpha value is 0.410. The number of halogens is 2. The molecule has 0 fully saturated rings. The van der Waals surface area contributed by atoms with Gasteiger partial charge in [0, 0.05) is 0 Å². The number of benzene rings is 1. The van der Waals surface area contributed by atoms with Gasteiger partial charge in [-0.05, 0) is 0 Å². The average Bonchev–Trinajstić information content (AvgIpc) is 2.44. The molecule has 0 amide bonds. The molecule has 0 spiro atoms. The van der Waals surface area contributed by atoms with Crippen molar-refractivity contribution in [1.82, 2.24) is 0 Å². The molecule has 1 atom stereocenters. The van der Waals surface area contributed by atoms with E-state index in [1.165, 1.54) is 42.8 Å². The summed E-state index contributed by atoms with van der Waals surface area (Å²) in [7, 11) is 0. The summed E-state index contributed by atoms with van der Waals surface area (Å²) in [6, 6.07) is 8.83. The van der Waals surface area contributed by atoms with E-state index in [-0.39, 0.29) is 24.8 Å². The van der Waals surface area contributed by atoms with Crippen LogP contribution in [0, 0.1) is 0 Å². The van der Waals surface area contributed by atoms with Gasteiger partial charge in [-0.25, -0.2) is 0 Å². The minimum Gasteiger partial charge on any atom is -1.00 e. The minimum absolute atomic E-state index is 0. The first kappa shape index (κ1) is 15.4. The monoisotopic (exact) mass is 407 g/mol. The van der Waals surface area contributed by atoms with Crippen LogP contribution in [-0.2, 0) is 24.4 Å². The number of hydrogen-bond donors (Lipinski definition) is 0. The molecule has 1 unspecified atom stereocenters. The zero-order chi connectivity index (χ0) is 9.26. The average molecular weight is 407 g/mol. The fourth-order valence-corrected chi connectivity index (χ4v) is 3.63. The third-order valence-electron chi connectivity index (χ3n) is 2.64. The quantitative estimate of drug-likeness (QED) is 0.476. The molecule has 0 heterocycles. The van der Waals surface area contributed by atoms with Crippen molar-refractivity contribution in [3.05, 3.63) is 38.7 Å². The van der Waals surface area contributed by atoms with Gasteiger partial charge in [0.25, 0.3) is 0 Å². The Labute approximate surface area is 119 Å². The molecule has 1 aromatic carbocycles. The van der Waals surface area contributed by atoms with E-state index in [2.05, 4.69) is 37.3 Å². The Morgan fingerprint density at radius 1 is 1.20 bits per heavy atom. The van der Waals surface area contributed by atoms with Gasteiger partial charge in [0.1, 0.15) is 0 Å². The minimum atomic E-state index is 0.